The fraction of sp³-hybridized carbons (Fsp3) is 0.600. The predicted molar refractivity (Wildman–Crippen MR) is 110 cm³/mol. The molecule has 4 heterocycles. The van der Waals surface area contributed by atoms with Gasteiger partial charge in [0.1, 0.15) is 0 Å². The standard InChI is InChI=1S/C20H28N4S2/c1-2-10-23(9-1)12-14-26-20-21-8-7-19(22-20)17-5-3-11-24(15-17)16-18-6-4-13-25-18/h4,6-8,13,17H,1-3,5,9-12,14-16H2. The Morgan fingerprint density at radius 3 is 2.85 bits per heavy atom. The van der Waals surface area contributed by atoms with Crippen molar-refractivity contribution in [3.8, 4) is 0 Å². The van der Waals surface area contributed by atoms with Crippen LogP contribution in [0.4, 0.5) is 0 Å². The van der Waals surface area contributed by atoms with Crippen LogP contribution < -0.4 is 0 Å². The summed E-state index contributed by atoms with van der Waals surface area (Å²) in [6, 6.07) is 6.52. The number of likely N-dealkylation sites (tertiary alicyclic amines) is 2. The molecule has 1 atom stereocenters. The van der Waals surface area contributed by atoms with Crippen LogP contribution in [0.3, 0.4) is 0 Å². The lowest BCUT2D eigenvalue weighted by Crippen LogP contribution is -2.34. The zero-order valence-corrected chi connectivity index (χ0v) is 17.0. The molecule has 0 saturated carbocycles. The second-order valence-corrected chi connectivity index (χ2v) is 9.41. The number of hydrogen-bond donors (Lipinski definition) is 0. The van der Waals surface area contributed by atoms with Gasteiger partial charge < -0.3 is 4.90 Å². The van der Waals surface area contributed by atoms with E-state index in [1.807, 2.05) is 29.3 Å². The van der Waals surface area contributed by atoms with Gasteiger partial charge in [-0.2, -0.15) is 0 Å². The maximum atomic E-state index is 4.90. The van der Waals surface area contributed by atoms with Gasteiger partial charge in [-0.3, -0.25) is 4.90 Å². The molecule has 4 rings (SSSR count). The Balaban J connectivity index is 1.31. The minimum atomic E-state index is 0.546. The summed E-state index contributed by atoms with van der Waals surface area (Å²) in [7, 11) is 0. The quantitative estimate of drug-likeness (QED) is 0.526. The monoisotopic (exact) mass is 388 g/mol. The van der Waals surface area contributed by atoms with Crippen molar-refractivity contribution < 1.29 is 0 Å². The van der Waals surface area contributed by atoms with Gasteiger partial charge in [-0.25, -0.2) is 9.97 Å². The Bertz CT molecular complexity index is 670. The van der Waals surface area contributed by atoms with Gasteiger partial charge in [-0.15, -0.1) is 11.3 Å². The van der Waals surface area contributed by atoms with Crippen molar-refractivity contribution in [3.05, 3.63) is 40.3 Å². The highest BCUT2D eigenvalue weighted by molar-refractivity contribution is 7.99. The molecular weight excluding hydrogens is 360 g/mol. The van der Waals surface area contributed by atoms with Gasteiger partial charge >= 0.3 is 0 Å². The molecule has 2 fully saturated rings. The van der Waals surface area contributed by atoms with E-state index in [2.05, 4.69) is 38.4 Å². The number of thioether (sulfide) groups is 1. The smallest absolute Gasteiger partial charge is 0.187 e. The zero-order chi connectivity index (χ0) is 17.6. The van der Waals surface area contributed by atoms with Crippen molar-refractivity contribution in [1.29, 1.82) is 0 Å². The van der Waals surface area contributed by atoms with E-state index in [0.29, 0.717) is 5.92 Å². The molecule has 1 unspecified atom stereocenters. The molecule has 0 aliphatic carbocycles. The van der Waals surface area contributed by atoms with Crippen LogP contribution in [0.25, 0.3) is 0 Å². The van der Waals surface area contributed by atoms with Crippen molar-refractivity contribution in [2.75, 3.05) is 38.5 Å². The molecule has 2 aromatic heterocycles. The van der Waals surface area contributed by atoms with E-state index in [1.165, 1.54) is 55.9 Å². The minimum absolute atomic E-state index is 0.546. The van der Waals surface area contributed by atoms with E-state index < -0.39 is 0 Å². The van der Waals surface area contributed by atoms with Crippen molar-refractivity contribution in [2.45, 2.75) is 43.3 Å². The predicted octanol–water partition coefficient (Wildman–Crippen LogP) is 4.11. The normalized spacial score (nSPS) is 22.1. The minimum Gasteiger partial charge on any atom is -0.303 e. The van der Waals surface area contributed by atoms with Crippen LogP contribution in [0.5, 0.6) is 0 Å². The van der Waals surface area contributed by atoms with Gasteiger partial charge in [0, 0.05) is 48.1 Å². The van der Waals surface area contributed by atoms with Crippen molar-refractivity contribution >= 4 is 23.1 Å². The molecule has 0 amide bonds. The van der Waals surface area contributed by atoms with E-state index >= 15 is 0 Å². The molecule has 0 N–H and O–H groups in total. The van der Waals surface area contributed by atoms with E-state index in [0.717, 1.165) is 30.5 Å². The van der Waals surface area contributed by atoms with Crippen LogP contribution >= 0.6 is 23.1 Å². The van der Waals surface area contributed by atoms with Crippen LogP contribution in [-0.2, 0) is 6.54 Å². The van der Waals surface area contributed by atoms with Gasteiger partial charge in [0.15, 0.2) is 5.16 Å². The molecule has 0 aromatic carbocycles. The highest BCUT2D eigenvalue weighted by Gasteiger charge is 2.23. The molecule has 2 saturated heterocycles. The summed E-state index contributed by atoms with van der Waals surface area (Å²) in [5.41, 5.74) is 1.24. The van der Waals surface area contributed by atoms with Gasteiger partial charge in [0.25, 0.3) is 0 Å². The summed E-state index contributed by atoms with van der Waals surface area (Å²) in [5, 5.41) is 3.13. The fourth-order valence-corrected chi connectivity index (χ4v) is 5.57. The van der Waals surface area contributed by atoms with Gasteiger partial charge in [0.05, 0.1) is 0 Å². The third-order valence-corrected chi connectivity index (χ3v) is 7.08. The lowest BCUT2D eigenvalue weighted by molar-refractivity contribution is 0.199. The first kappa shape index (κ1) is 18.4. The topological polar surface area (TPSA) is 32.3 Å². The van der Waals surface area contributed by atoms with Gasteiger partial charge in [-0.1, -0.05) is 17.8 Å². The molecule has 0 bridgehead atoms. The highest BCUT2D eigenvalue weighted by Crippen LogP contribution is 2.28. The third-order valence-electron chi connectivity index (χ3n) is 5.38. The second-order valence-electron chi connectivity index (χ2n) is 7.31. The molecule has 2 aromatic rings. The first-order valence-electron chi connectivity index (χ1n) is 9.80. The number of thiophene rings is 1. The van der Waals surface area contributed by atoms with E-state index in [4.69, 9.17) is 4.98 Å². The largest absolute Gasteiger partial charge is 0.303 e. The van der Waals surface area contributed by atoms with E-state index in [1.54, 1.807) is 0 Å². The van der Waals surface area contributed by atoms with Crippen molar-refractivity contribution in [1.82, 2.24) is 19.8 Å². The van der Waals surface area contributed by atoms with Gasteiger partial charge in [-0.05, 0) is 62.8 Å². The van der Waals surface area contributed by atoms with Crippen LogP contribution in [0.1, 0.15) is 42.2 Å². The maximum Gasteiger partial charge on any atom is 0.187 e. The SMILES string of the molecule is c1csc(CN2CCCC(c3ccnc(SCCN4CCCC4)n3)C2)c1. The summed E-state index contributed by atoms with van der Waals surface area (Å²) >= 11 is 3.68. The Morgan fingerprint density at radius 2 is 2.00 bits per heavy atom. The zero-order valence-electron chi connectivity index (χ0n) is 15.3. The number of rotatable bonds is 7. The molecule has 6 heteroatoms. The molecule has 0 radical (unpaired) electrons. The van der Waals surface area contributed by atoms with Crippen molar-refractivity contribution in [2.24, 2.45) is 0 Å². The molecule has 0 spiro atoms. The average Bonchev–Trinajstić information content (AvgIpc) is 3.37. The number of piperidine rings is 1. The Kier molecular flexibility index (Phi) is 6.59. The number of aromatic nitrogens is 2. The van der Waals surface area contributed by atoms with E-state index in [-0.39, 0.29) is 0 Å². The molecule has 4 nitrogen and oxygen atoms in total. The summed E-state index contributed by atoms with van der Waals surface area (Å²) in [6.07, 6.45) is 7.19. The molecule has 26 heavy (non-hydrogen) atoms. The summed E-state index contributed by atoms with van der Waals surface area (Å²) < 4.78 is 0. The summed E-state index contributed by atoms with van der Waals surface area (Å²) in [5.74, 6) is 1.64. The first-order valence-corrected chi connectivity index (χ1v) is 11.7. The number of nitrogens with zero attached hydrogens (tertiary/aromatic N) is 4. The Labute approximate surface area is 165 Å². The third kappa shape index (κ3) is 5.06. The van der Waals surface area contributed by atoms with Crippen molar-refractivity contribution in [3.63, 3.8) is 0 Å². The molecular formula is C20H28N4S2. The van der Waals surface area contributed by atoms with Crippen LogP contribution in [0.15, 0.2) is 34.9 Å². The van der Waals surface area contributed by atoms with Crippen LogP contribution in [-0.4, -0.2) is 58.2 Å². The number of hydrogen-bond acceptors (Lipinski definition) is 6. The first-order chi connectivity index (χ1) is 12.9. The van der Waals surface area contributed by atoms with Crippen LogP contribution in [0.2, 0.25) is 0 Å². The summed E-state index contributed by atoms with van der Waals surface area (Å²) in [6.45, 7) is 7.10. The second kappa shape index (κ2) is 9.31. The lowest BCUT2D eigenvalue weighted by atomic mass is 9.94. The Hall–Kier alpha value is -0.950. The molecule has 2 aliphatic heterocycles. The summed E-state index contributed by atoms with van der Waals surface area (Å²) in [4.78, 5) is 16.0. The van der Waals surface area contributed by atoms with Gasteiger partial charge in [0.2, 0.25) is 0 Å². The molecule has 2 aliphatic rings. The maximum absolute atomic E-state index is 4.90. The van der Waals surface area contributed by atoms with E-state index in [9.17, 15) is 0 Å². The highest BCUT2D eigenvalue weighted by atomic mass is 32.2. The lowest BCUT2D eigenvalue weighted by Gasteiger charge is -2.32. The Morgan fingerprint density at radius 1 is 1.12 bits per heavy atom. The fourth-order valence-electron chi connectivity index (χ4n) is 3.99. The molecule has 140 valence electrons. The average molecular weight is 389 g/mol. The van der Waals surface area contributed by atoms with Crippen LogP contribution in [0, 0.1) is 0 Å².